The van der Waals surface area contributed by atoms with Crippen LogP contribution < -0.4 is 5.32 Å². The molecule has 0 radical (unpaired) electrons. The minimum Gasteiger partial charge on any atom is -0.314 e. The van der Waals surface area contributed by atoms with Crippen LogP contribution in [0.5, 0.6) is 0 Å². The van der Waals surface area contributed by atoms with Gasteiger partial charge in [-0.2, -0.15) is 0 Å². The SMILES string of the molecule is CNCc1nc(-c2ccccc2Cl)ncc1C. The van der Waals surface area contributed by atoms with Crippen molar-refractivity contribution in [1.29, 1.82) is 0 Å². The number of halogens is 1. The van der Waals surface area contributed by atoms with Crippen molar-refractivity contribution >= 4 is 11.6 Å². The van der Waals surface area contributed by atoms with E-state index in [2.05, 4.69) is 15.3 Å². The molecule has 1 aromatic heterocycles. The van der Waals surface area contributed by atoms with E-state index >= 15 is 0 Å². The van der Waals surface area contributed by atoms with E-state index in [4.69, 9.17) is 11.6 Å². The zero-order chi connectivity index (χ0) is 12.3. The van der Waals surface area contributed by atoms with E-state index in [0.717, 1.165) is 23.4 Å². The van der Waals surface area contributed by atoms with Gasteiger partial charge in [0.05, 0.1) is 10.7 Å². The van der Waals surface area contributed by atoms with Crippen molar-refractivity contribution in [3.05, 3.63) is 46.7 Å². The monoisotopic (exact) mass is 247 g/mol. The van der Waals surface area contributed by atoms with Gasteiger partial charge in [-0.15, -0.1) is 0 Å². The average molecular weight is 248 g/mol. The summed E-state index contributed by atoms with van der Waals surface area (Å²) < 4.78 is 0. The first-order valence-electron chi connectivity index (χ1n) is 5.44. The smallest absolute Gasteiger partial charge is 0.160 e. The Morgan fingerprint density at radius 3 is 2.76 bits per heavy atom. The van der Waals surface area contributed by atoms with E-state index in [1.165, 1.54) is 0 Å². The van der Waals surface area contributed by atoms with E-state index in [-0.39, 0.29) is 0 Å². The third-order valence-electron chi connectivity index (χ3n) is 2.54. The van der Waals surface area contributed by atoms with E-state index in [1.807, 2.05) is 44.4 Å². The molecule has 17 heavy (non-hydrogen) atoms. The molecule has 0 aliphatic carbocycles. The molecule has 1 N–H and O–H groups in total. The lowest BCUT2D eigenvalue weighted by molar-refractivity contribution is 0.779. The lowest BCUT2D eigenvalue weighted by Crippen LogP contribution is -2.10. The summed E-state index contributed by atoms with van der Waals surface area (Å²) >= 11 is 6.13. The average Bonchev–Trinajstić information content (AvgIpc) is 2.33. The van der Waals surface area contributed by atoms with Crippen LogP contribution in [-0.4, -0.2) is 17.0 Å². The molecule has 0 amide bonds. The largest absolute Gasteiger partial charge is 0.314 e. The minimum absolute atomic E-state index is 0.673. The second-order valence-corrected chi connectivity index (χ2v) is 4.24. The Bertz CT molecular complexity index is 526. The van der Waals surface area contributed by atoms with Crippen LogP contribution in [0.25, 0.3) is 11.4 Å². The summed E-state index contributed by atoms with van der Waals surface area (Å²) in [6, 6.07) is 7.60. The molecule has 0 unspecified atom stereocenters. The maximum absolute atomic E-state index is 6.13. The lowest BCUT2D eigenvalue weighted by atomic mass is 10.2. The van der Waals surface area contributed by atoms with Gasteiger partial charge in [0.25, 0.3) is 0 Å². The molecule has 0 fully saturated rings. The maximum atomic E-state index is 6.13. The van der Waals surface area contributed by atoms with Crippen molar-refractivity contribution in [3.8, 4) is 11.4 Å². The Labute approximate surface area is 106 Å². The summed E-state index contributed by atoms with van der Waals surface area (Å²) in [4.78, 5) is 8.86. The Morgan fingerprint density at radius 1 is 1.29 bits per heavy atom. The van der Waals surface area contributed by atoms with Crippen LogP contribution in [0.3, 0.4) is 0 Å². The van der Waals surface area contributed by atoms with Gasteiger partial charge in [-0.3, -0.25) is 0 Å². The number of hydrogen-bond donors (Lipinski definition) is 1. The van der Waals surface area contributed by atoms with Crippen molar-refractivity contribution < 1.29 is 0 Å². The molecular formula is C13H14ClN3. The van der Waals surface area contributed by atoms with Gasteiger partial charge in [0.1, 0.15) is 0 Å². The van der Waals surface area contributed by atoms with Crippen LogP contribution in [0.4, 0.5) is 0 Å². The van der Waals surface area contributed by atoms with Crippen LogP contribution in [0.1, 0.15) is 11.3 Å². The Morgan fingerprint density at radius 2 is 2.06 bits per heavy atom. The number of aromatic nitrogens is 2. The van der Waals surface area contributed by atoms with Gasteiger partial charge < -0.3 is 5.32 Å². The van der Waals surface area contributed by atoms with Gasteiger partial charge >= 0.3 is 0 Å². The standard InChI is InChI=1S/C13H14ClN3/c1-9-7-16-13(17-12(9)8-15-2)10-5-3-4-6-11(10)14/h3-7,15H,8H2,1-2H3. The molecule has 0 aliphatic heterocycles. The molecule has 2 aromatic rings. The zero-order valence-corrected chi connectivity index (χ0v) is 10.6. The van der Waals surface area contributed by atoms with Gasteiger partial charge in [0.2, 0.25) is 0 Å². The molecule has 0 bridgehead atoms. The molecule has 0 saturated heterocycles. The number of hydrogen-bond acceptors (Lipinski definition) is 3. The van der Waals surface area contributed by atoms with Crippen LogP contribution in [0, 0.1) is 6.92 Å². The van der Waals surface area contributed by atoms with Crippen molar-refractivity contribution in [1.82, 2.24) is 15.3 Å². The number of aryl methyl sites for hydroxylation is 1. The summed E-state index contributed by atoms with van der Waals surface area (Å²) in [6.07, 6.45) is 1.83. The molecule has 0 spiro atoms. The molecule has 3 nitrogen and oxygen atoms in total. The van der Waals surface area contributed by atoms with Crippen molar-refractivity contribution in [2.45, 2.75) is 13.5 Å². The van der Waals surface area contributed by atoms with Crippen molar-refractivity contribution in [3.63, 3.8) is 0 Å². The molecule has 1 aromatic carbocycles. The van der Waals surface area contributed by atoms with E-state index < -0.39 is 0 Å². The van der Waals surface area contributed by atoms with Gasteiger partial charge in [-0.25, -0.2) is 9.97 Å². The number of nitrogens with zero attached hydrogens (tertiary/aromatic N) is 2. The Hall–Kier alpha value is -1.45. The van der Waals surface area contributed by atoms with Crippen LogP contribution in [0.2, 0.25) is 5.02 Å². The first-order valence-corrected chi connectivity index (χ1v) is 5.82. The van der Waals surface area contributed by atoms with Crippen molar-refractivity contribution in [2.24, 2.45) is 0 Å². The normalized spacial score (nSPS) is 10.5. The zero-order valence-electron chi connectivity index (χ0n) is 9.87. The molecule has 0 aliphatic rings. The highest BCUT2D eigenvalue weighted by Crippen LogP contribution is 2.24. The van der Waals surface area contributed by atoms with Gasteiger partial charge in [-0.05, 0) is 31.7 Å². The second kappa shape index (κ2) is 5.25. The summed E-state index contributed by atoms with van der Waals surface area (Å²) in [7, 11) is 1.90. The van der Waals surface area contributed by atoms with Crippen LogP contribution in [-0.2, 0) is 6.54 Å². The fraction of sp³-hybridized carbons (Fsp3) is 0.231. The first-order chi connectivity index (χ1) is 8.22. The molecule has 2 rings (SSSR count). The van der Waals surface area contributed by atoms with Crippen LogP contribution in [0.15, 0.2) is 30.5 Å². The summed E-state index contributed by atoms with van der Waals surface area (Å²) in [5, 5.41) is 3.77. The summed E-state index contributed by atoms with van der Waals surface area (Å²) in [6.45, 7) is 2.73. The predicted octanol–water partition coefficient (Wildman–Crippen LogP) is 2.82. The molecule has 0 saturated carbocycles. The number of nitrogens with one attached hydrogen (secondary N) is 1. The van der Waals surface area contributed by atoms with E-state index in [0.29, 0.717) is 10.8 Å². The second-order valence-electron chi connectivity index (χ2n) is 3.83. The third-order valence-corrected chi connectivity index (χ3v) is 2.87. The molecule has 88 valence electrons. The van der Waals surface area contributed by atoms with Gasteiger partial charge in [-0.1, -0.05) is 23.7 Å². The number of rotatable bonds is 3. The van der Waals surface area contributed by atoms with Gasteiger partial charge in [0.15, 0.2) is 5.82 Å². The topological polar surface area (TPSA) is 37.8 Å². The highest BCUT2D eigenvalue weighted by Gasteiger charge is 2.08. The minimum atomic E-state index is 0.673. The fourth-order valence-electron chi connectivity index (χ4n) is 1.60. The molecule has 0 atom stereocenters. The highest BCUT2D eigenvalue weighted by atomic mass is 35.5. The predicted molar refractivity (Wildman–Crippen MR) is 70.0 cm³/mol. The highest BCUT2D eigenvalue weighted by molar-refractivity contribution is 6.33. The lowest BCUT2D eigenvalue weighted by Gasteiger charge is -2.07. The van der Waals surface area contributed by atoms with Gasteiger partial charge in [0, 0.05) is 18.3 Å². The van der Waals surface area contributed by atoms with Crippen LogP contribution >= 0.6 is 11.6 Å². The Balaban J connectivity index is 2.46. The fourth-order valence-corrected chi connectivity index (χ4v) is 1.82. The van der Waals surface area contributed by atoms with E-state index in [9.17, 15) is 0 Å². The third kappa shape index (κ3) is 2.62. The number of benzene rings is 1. The molecule has 1 heterocycles. The molecular weight excluding hydrogens is 234 g/mol. The summed E-state index contributed by atoms with van der Waals surface area (Å²) in [5.41, 5.74) is 2.94. The van der Waals surface area contributed by atoms with E-state index in [1.54, 1.807) is 0 Å². The Kier molecular flexibility index (Phi) is 3.71. The first kappa shape index (κ1) is 12.0. The van der Waals surface area contributed by atoms with Crippen molar-refractivity contribution in [2.75, 3.05) is 7.05 Å². The summed E-state index contributed by atoms with van der Waals surface area (Å²) in [5.74, 6) is 0.673. The quantitative estimate of drug-likeness (QED) is 0.906. The maximum Gasteiger partial charge on any atom is 0.160 e. The molecule has 4 heteroatoms.